The van der Waals surface area contributed by atoms with Crippen molar-refractivity contribution < 1.29 is 4.79 Å². The van der Waals surface area contributed by atoms with Gasteiger partial charge < -0.3 is 10.3 Å². The lowest BCUT2D eigenvalue weighted by Crippen LogP contribution is -2.32. The van der Waals surface area contributed by atoms with Gasteiger partial charge in [-0.15, -0.1) is 0 Å². The van der Waals surface area contributed by atoms with E-state index in [2.05, 4.69) is 24.1 Å². The van der Waals surface area contributed by atoms with Crippen molar-refractivity contribution in [3.63, 3.8) is 0 Å². The largest absolute Gasteiger partial charge is 0.360 e. The van der Waals surface area contributed by atoms with Crippen molar-refractivity contribution in [3.8, 4) is 0 Å². The second-order valence-electron chi connectivity index (χ2n) is 4.97. The maximum atomic E-state index is 12.3. The van der Waals surface area contributed by atoms with Crippen LogP contribution in [0.1, 0.15) is 37.0 Å². The van der Waals surface area contributed by atoms with Crippen molar-refractivity contribution >= 4 is 16.8 Å². The molecule has 4 nitrogen and oxygen atoms in total. The van der Waals surface area contributed by atoms with Gasteiger partial charge in [-0.3, -0.25) is 9.59 Å². The molecule has 0 bridgehead atoms. The van der Waals surface area contributed by atoms with E-state index < -0.39 is 0 Å². The summed E-state index contributed by atoms with van der Waals surface area (Å²) in [6.45, 7) is 4.81. The number of H-pyrrole nitrogens is 1. The third-order valence-corrected chi connectivity index (χ3v) is 3.74. The molecule has 1 aromatic heterocycles. The van der Waals surface area contributed by atoms with E-state index in [1.165, 1.54) is 6.20 Å². The first-order valence-electron chi connectivity index (χ1n) is 7.06. The number of rotatable bonds is 5. The van der Waals surface area contributed by atoms with E-state index in [1.807, 2.05) is 12.1 Å². The van der Waals surface area contributed by atoms with Crippen molar-refractivity contribution in [2.45, 2.75) is 26.7 Å². The van der Waals surface area contributed by atoms with E-state index in [0.717, 1.165) is 18.4 Å². The average Bonchev–Trinajstić information content (AvgIpc) is 2.48. The summed E-state index contributed by atoms with van der Waals surface area (Å²) in [7, 11) is 0. The molecule has 1 amide bonds. The van der Waals surface area contributed by atoms with Crippen LogP contribution in [-0.2, 0) is 0 Å². The van der Waals surface area contributed by atoms with E-state index in [9.17, 15) is 9.59 Å². The second-order valence-corrected chi connectivity index (χ2v) is 4.97. The van der Waals surface area contributed by atoms with Gasteiger partial charge in [0.05, 0.1) is 0 Å². The minimum atomic E-state index is -0.302. The Morgan fingerprint density at radius 3 is 2.65 bits per heavy atom. The topological polar surface area (TPSA) is 62.0 Å². The fraction of sp³-hybridized carbons (Fsp3) is 0.375. The molecule has 0 aliphatic carbocycles. The predicted molar refractivity (Wildman–Crippen MR) is 81.0 cm³/mol. The van der Waals surface area contributed by atoms with Gasteiger partial charge in [0.25, 0.3) is 5.91 Å². The molecule has 0 saturated carbocycles. The SMILES string of the molecule is CCC(CC)CNC(=O)c1c[nH]c2ccccc2c1=O. The molecule has 2 rings (SSSR count). The number of aromatic amines is 1. The normalized spacial score (nSPS) is 10.9. The highest BCUT2D eigenvalue weighted by molar-refractivity contribution is 5.97. The Balaban J connectivity index is 2.22. The number of carbonyl (C=O) groups excluding carboxylic acids is 1. The summed E-state index contributed by atoms with van der Waals surface area (Å²) in [5.41, 5.74) is 0.699. The van der Waals surface area contributed by atoms with Gasteiger partial charge >= 0.3 is 0 Å². The van der Waals surface area contributed by atoms with Crippen molar-refractivity contribution in [2.75, 3.05) is 6.54 Å². The first-order valence-corrected chi connectivity index (χ1v) is 7.06. The standard InChI is InChI=1S/C16H20N2O2/c1-3-11(4-2)9-18-16(20)13-10-17-14-8-6-5-7-12(14)15(13)19/h5-8,10-11H,3-4,9H2,1-2H3,(H,17,19)(H,18,20). The minimum absolute atomic E-state index is 0.176. The summed E-state index contributed by atoms with van der Waals surface area (Å²) in [6, 6.07) is 7.20. The lowest BCUT2D eigenvalue weighted by atomic mass is 10.0. The lowest BCUT2D eigenvalue weighted by Gasteiger charge is -2.13. The van der Waals surface area contributed by atoms with E-state index >= 15 is 0 Å². The zero-order valence-corrected chi connectivity index (χ0v) is 11.9. The second kappa shape index (κ2) is 6.37. The zero-order valence-electron chi connectivity index (χ0n) is 11.9. The zero-order chi connectivity index (χ0) is 14.5. The number of hydrogen-bond donors (Lipinski definition) is 2. The lowest BCUT2D eigenvalue weighted by molar-refractivity contribution is 0.0945. The van der Waals surface area contributed by atoms with Crippen LogP contribution in [-0.4, -0.2) is 17.4 Å². The molecular formula is C16H20N2O2. The number of pyridine rings is 1. The van der Waals surface area contributed by atoms with Crippen LogP contribution in [0.4, 0.5) is 0 Å². The van der Waals surface area contributed by atoms with Gasteiger partial charge in [0, 0.05) is 23.6 Å². The molecule has 0 aliphatic heterocycles. The molecule has 106 valence electrons. The minimum Gasteiger partial charge on any atom is -0.360 e. The molecule has 20 heavy (non-hydrogen) atoms. The fourth-order valence-corrected chi connectivity index (χ4v) is 2.25. The van der Waals surface area contributed by atoms with Crippen LogP contribution in [0.15, 0.2) is 35.3 Å². The highest BCUT2D eigenvalue weighted by Crippen LogP contribution is 2.08. The van der Waals surface area contributed by atoms with Gasteiger partial charge in [-0.05, 0) is 18.1 Å². The molecule has 2 aromatic rings. The molecule has 0 fully saturated rings. The number of fused-ring (bicyclic) bond motifs is 1. The smallest absolute Gasteiger partial charge is 0.256 e. The Bertz CT molecular complexity index is 657. The van der Waals surface area contributed by atoms with Gasteiger partial charge in [0.1, 0.15) is 5.56 Å². The van der Waals surface area contributed by atoms with Gasteiger partial charge in [-0.1, -0.05) is 38.8 Å². The maximum absolute atomic E-state index is 12.3. The van der Waals surface area contributed by atoms with Gasteiger partial charge in [-0.2, -0.15) is 0 Å². The summed E-state index contributed by atoms with van der Waals surface area (Å²) in [5, 5.41) is 3.39. The molecule has 0 saturated heterocycles. The molecule has 2 N–H and O–H groups in total. The van der Waals surface area contributed by atoms with Crippen molar-refractivity contribution in [2.24, 2.45) is 5.92 Å². The maximum Gasteiger partial charge on any atom is 0.256 e. The van der Waals surface area contributed by atoms with Crippen LogP contribution in [0.25, 0.3) is 10.9 Å². The summed E-state index contributed by atoms with van der Waals surface area (Å²) < 4.78 is 0. The molecule has 0 radical (unpaired) electrons. The average molecular weight is 272 g/mol. The molecule has 0 atom stereocenters. The van der Waals surface area contributed by atoms with Crippen LogP contribution in [0.2, 0.25) is 0 Å². The highest BCUT2D eigenvalue weighted by atomic mass is 16.2. The summed E-state index contributed by atoms with van der Waals surface area (Å²) in [5.74, 6) is 0.155. The third-order valence-electron chi connectivity index (χ3n) is 3.74. The van der Waals surface area contributed by atoms with E-state index in [-0.39, 0.29) is 16.9 Å². The number of hydrogen-bond acceptors (Lipinski definition) is 2. The number of amides is 1. The predicted octanol–water partition coefficient (Wildman–Crippen LogP) is 2.69. The van der Waals surface area contributed by atoms with Gasteiger partial charge in [0.2, 0.25) is 5.43 Å². The first kappa shape index (κ1) is 14.3. The van der Waals surface area contributed by atoms with Crippen molar-refractivity contribution in [1.29, 1.82) is 0 Å². The Kier molecular flexibility index (Phi) is 4.56. The third kappa shape index (κ3) is 2.90. The Hall–Kier alpha value is -2.10. The Labute approximate surface area is 118 Å². The number of carbonyl (C=O) groups is 1. The molecule has 1 heterocycles. The van der Waals surface area contributed by atoms with E-state index in [4.69, 9.17) is 0 Å². The van der Waals surface area contributed by atoms with E-state index in [0.29, 0.717) is 17.8 Å². The Morgan fingerprint density at radius 1 is 1.25 bits per heavy atom. The summed E-state index contributed by atoms with van der Waals surface area (Å²) in [6.07, 6.45) is 3.53. The quantitative estimate of drug-likeness (QED) is 0.879. The fourth-order valence-electron chi connectivity index (χ4n) is 2.25. The Morgan fingerprint density at radius 2 is 1.95 bits per heavy atom. The van der Waals surface area contributed by atoms with Crippen LogP contribution >= 0.6 is 0 Å². The summed E-state index contributed by atoms with van der Waals surface area (Å²) in [4.78, 5) is 27.4. The monoisotopic (exact) mass is 272 g/mol. The first-order chi connectivity index (χ1) is 9.67. The molecule has 4 heteroatoms. The van der Waals surface area contributed by atoms with Crippen LogP contribution in [0, 0.1) is 5.92 Å². The van der Waals surface area contributed by atoms with Gasteiger partial charge in [0.15, 0.2) is 0 Å². The molecule has 0 unspecified atom stereocenters. The molecule has 0 aliphatic rings. The van der Waals surface area contributed by atoms with Crippen LogP contribution < -0.4 is 10.7 Å². The number of nitrogens with one attached hydrogen (secondary N) is 2. The van der Waals surface area contributed by atoms with Crippen molar-refractivity contribution in [1.82, 2.24) is 10.3 Å². The van der Waals surface area contributed by atoms with E-state index in [1.54, 1.807) is 12.1 Å². The number of para-hydroxylation sites is 1. The van der Waals surface area contributed by atoms with Crippen LogP contribution in [0.3, 0.4) is 0 Å². The molecule has 1 aromatic carbocycles. The number of benzene rings is 1. The highest BCUT2D eigenvalue weighted by Gasteiger charge is 2.13. The van der Waals surface area contributed by atoms with Gasteiger partial charge in [-0.25, -0.2) is 0 Å². The summed E-state index contributed by atoms with van der Waals surface area (Å²) >= 11 is 0. The van der Waals surface area contributed by atoms with Crippen molar-refractivity contribution in [3.05, 3.63) is 46.2 Å². The van der Waals surface area contributed by atoms with Crippen LogP contribution in [0.5, 0.6) is 0 Å². The molecular weight excluding hydrogens is 252 g/mol. The number of aromatic nitrogens is 1. The molecule has 0 spiro atoms.